The number of halogens is 3. The summed E-state index contributed by atoms with van der Waals surface area (Å²) in [5.74, 6) is -3.72. The van der Waals surface area contributed by atoms with Crippen LogP contribution in [-0.4, -0.2) is 30.0 Å². The van der Waals surface area contributed by atoms with E-state index >= 15 is 0 Å². The number of benzene rings is 2. The average Bonchev–Trinajstić information content (AvgIpc) is 3.19. The number of aromatic amines is 1. The molecule has 1 amide bonds. The van der Waals surface area contributed by atoms with Crippen LogP contribution in [0.4, 0.5) is 20.2 Å². The first-order valence-electron chi connectivity index (χ1n) is 10.2. The molecule has 7 nitrogen and oxygen atoms in total. The molecule has 0 unspecified atom stereocenters. The van der Waals surface area contributed by atoms with Crippen LogP contribution in [-0.2, 0) is 10.0 Å². The molecule has 3 N–H and O–H groups in total. The van der Waals surface area contributed by atoms with Gasteiger partial charge in [0.05, 0.1) is 23.3 Å². The average molecular weight is 596 g/mol. The van der Waals surface area contributed by atoms with E-state index in [0.29, 0.717) is 17.5 Å². The molecular weight excluding hydrogens is 577 g/mol. The monoisotopic (exact) mass is 596 g/mol. The van der Waals surface area contributed by atoms with Crippen LogP contribution in [0.2, 0.25) is 0 Å². The first-order chi connectivity index (χ1) is 16.2. The van der Waals surface area contributed by atoms with E-state index in [-0.39, 0.29) is 11.4 Å². The maximum atomic E-state index is 14.9. The van der Waals surface area contributed by atoms with E-state index in [4.69, 9.17) is 0 Å². The number of fused-ring (bicyclic) bond motifs is 1. The van der Waals surface area contributed by atoms with Crippen LogP contribution in [0, 0.1) is 15.2 Å². The summed E-state index contributed by atoms with van der Waals surface area (Å²) >= 11 is 2.22. The van der Waals surface area contributed by atoms with E-state index in [1.807, 2.05) is 30.3 Å². The fourth-order valence-electron chi connectivity index (χ4n) is 3.39. The van der Waals surface area contributed by atoms with Gasteiger partial charge in [-0.05, 0) is 71.0 Å². The van der Waals surface area contributed by atoms with Crippen LogP contribution < -0.4 is 10.0 Å². The van der Waals surface area contributed by atoms with Crippen molar-refractivity contribution < 1.29 is 22.0 Å². The number of nitrogens with zero attached hydrogens (tertiary/aromatic N) is 1. The van der Waals surface area contributed by atoms with Gasteiger partial charge in [-0.3, -0.25) is 9.52 Å². The zero-order chi connectivity index (χ0) is 24.5. The van der Waals surface area contributed by atoms with Crippen molar-refractivity contribution in [1.82, 2.24) is 9.97 Å². The fraction of sp³-hybridized carbons (Fsp3) is 0.130. The molecule has 0 spiro atoms. The number of rotatable bonds is 7. The molecule has 0 radical (unpaired) electrons. The maximum Gasteiger partial charge on any atom is 0.261 e. The van der Waals surface area contributed by atoms with Gasteiger partial charge in [0.1, 0.15) is 17.0 Å². The zero-order valence-corrected chi connectivity index (χ0v) is 20.8. The summed E-state index contributed by atoms with van der Waals surface area (Å²) < 4.78 is 56.3. The van der Waals surface area contributed by atoms with Crippen molar-refractivity contribution >= 4 is 60.9 Å². The van der Waals surface area contributed by atoms with Crippen LogP contribution in [0.15, 0.2) is 54.7 Å². The van der Waals surface area contributed by atoms with Gasteiger partial charge in [-0.15, -0.1) is 0 Å². The molecule has 2 aromatic heterocycles. The third kappa shape index (κ3) is 5.20. The van der Waals surface area contributed by atoms with Crippen molar-refractivity contribution in [2.24, 2.45) is 0 Å². The minimum Gasteiger partial charge on any atom is -0.339 e. The van der Waals surface area contributed by atoms with Gasteiger partial charge in [0, 0.05) is 14.7 Å². The van der Waals surface area contributed by atoms with E-state index in [0.717, 1.165) is 27.0 Å². The highest BCUT2D eigenvalue weighted by molar-refractivity contribution is 14.1. The molecule has 4 aromatic rings. The smallest absolute Gasteiger partial charge is 0.261 e. The molecule has 0 saturated heterocycles. The minimum absolute atomic E-state index is 0.224. The summed E-state index contributed by atoms with van der Waals surface area (Å²) in [5, 5.41) is 3.12. The molecular formula is C23H19F2IN4O3S. The summed E-state index contributed by atoms with van der Waals surface area (Å²) in [6.07, 6.45) is 1.67. The number of sulfonamides is 1. The highest BCUT2D eigenvalue weighted by Crippen LogP contribution is 2.27. The SMILES string of the molecule is CCCS(=O)(=O)Nc1ccc(F)c(C(=O)Nc2cnc3[nH]c(-c4ccc(I)cc4)cc3c2)c1F. The largest absolute Gasteiger partial charge is 0.339 e. The second-order valence-electron chi connectivity index (χ2n) is 7.51. The van der Waals surface area contributed by atoms with Gasteiger partial charge in [0.15, 0.2) is 5.82 Å². The number of hydrogen-bond acceptors (Lipinski definition) is 4. The lowest BCUT2D eigenvalue weighted by Crippen LogP contribution is -2.20. The summed E-state index contributed by atoms with van der Waals surface area (Å²) in [5.41, 5.74) is 1.19. The van der Waals surface area contributed by atoms with Gasteiger partial charge in [-0.1, -0.05) is 19.1 Å². The Bertz CT molecular complexity index is 1490. The Morgan fingerprint density at radius 2 is 1.85 bits per heavy atom. The van der Waals surface area contributed by atoms with Gasteiger partial charge < -0.3 is 10.3 Å². The fourth-order valence-corrected chi connectivity index (χ4v) is 4.88. The first kappa shape index (κ1) is 24.1. The number of aromatic nitrogens is 2. The van der Waals surface area contributed by atoms with Gasteiger partial charge in [0.25, 0.3) is 5.91 Å². The Balaban J connectivity index is 1.60. The topological polar surface area (TPSA) is 104 Å². The summed E-state index contributed by atoms with van der Waals surface area (Å²) in [6.45, 7) is 1.65. The Morgan fingerprint density at radius 3 is 2.56 bits per heavy atom. The molecule has 0 atom stereocenters. The number of nitrogens with one attached hydrogen (secondary N) is 3. The van der Waals surface area contributed by atoms with Gasteiger partial charge in [-0.25, -0.2) is 22.2 Å². The van der Waals surface area contributed by atoms with Crippen molar-refractivity contribution in [2.75, 3.05) is 15.8 Å². The molecule has 2 aromatic carbocycles. The molecule has 0 aliphatic rings. The Hall–Kier alpha value is -3.06. The van der Waals surface area contributed by atoms with Crippen LogP contribution in [0.1, 0.15) is 23.7 Å². The van der Waals surface area contributed by atoms with Crippen molar-refractivity contribution in [3.63, 3.8) is 0 Å². The van der Waals surface area contributed by atoms with Crippen molar-refractivity contribution in [2.45, 2.75) is 13.3 Å². The van der Waals surface area contributed by atoms with E-state index in [2.05, 4.69) is 42.6 Å². The summed E-state index contributed by atoms with van der Waals surface area (Å²) in [6, 6.07) is 13.1. The van der Waals surface area contributed by atoms with Crippen LogP contribution in [0.3, 0.4) is 0 Å². The lowest BCUT2D eigenvalue weighted by Gasteiger charge is -2.12. The Kier molecular flexibility index (Phi) is 6.84. The van der Waals surface area contributed by atoms with E-state index in [9.17, 15) is 22.0 Å². The molecule has 0 saturated carbocycles. The third-order valence-corrected chi connectivity index (χ3v) is 7.14. The van der Waals surface area contributed by atoms with Gasteiger partial charge >= 0.3 is 0 Å². The summed E-state index contributed by atoms with van der Waals surface area (Å²) in [4.78, 5) is 20.2. The van der Waals surface area contributed by atoms with Crippen LogP contribution in [0.5, 0.6) is 0 Å². The van der Waals surface area contributed by atoms with Crippen molar-refractivity contribution in [1.29, 1.82) is 0 Å². The van der Waals surface area contributed by atoms with E-state index in [1.165, 1.54) is 6.20 Å². The van der Waals surface area contributed by atoms with E-state index in [1.54, 1.807) is 13.0 Å². The number of carbonyl (C=O) groups excluding carboxylic acids is 1. The minimum atomic E-state index is -3.83. The van der Waals surface area contributed by atoms with Gasteiger partial charge in [-0.2, -0.15) is 0 Å². The molecule has 4 rings (SSSR count). The van der Waals surface area contributed by atoms with Crippen LogP contribution >= 0.6 is 22.6 Å². The molecule has 0 aliphatic heterocycles. The molecule has 176 valence electrons. The normalized spacial score (nSPS) is 11.5. The number of H-pyrrole nitrogens is 1. The van der Waals surface area contributed by atoms with E-state index < -0.39 is 38.8 Å². The van der Waals surface area contributed by atoms with Crippen molar-refractivity contribution in [3.8, 4) is 11.3 Å². The molecule has 0 aliphatic carbocycles. The highest BCUT2D eigenvalue weighted by atomic mass is 127. The third-order valence-electron chi connectivity index (χ3n) is 4.94. The number of amides is 1. The summed E-state index contributed by atoms with van der Waals surface area (Å²) in [7, 11) is -3.83. The lowest BCUT2D eigenvalue weighted by atomic mass is 10.1. The number of pyridine rings is 1. The van der Waals surface area contributed by atoms with Gasteiger partial charge in [0.2, 0.25) is 10.0 Å². The predicted molar refractivity (Wildman–Crippen MR) is 136 cm³/mol. The standard InChI is InChI=1S/C23H19F2IN4O3S/c1-2-9-34(32,33)30-18-8-7-17(24)20(21(18)25)23(31)28-16-10-14-11-19(29-22(14)27-12-16)13-3-5-15(26)6-4-13/h3-8,10-12,30H,2,9H2,1H3,(H,27,29)(H,28,31). The second kappa shape index (κ2) is 9.66. The second-order valence-corrected chi connectivity index (χ2v) is 10.6. The Morgan fingerprint density at radius 1 is 1.12 bits per heavy atom. The maximum absolute atomic E-state index is 14.9. The molecule has 2 heterocycles. The highest BCUT2D eigenvalue weighted by Gasteiger charge is 2.23. The number of hydrogen-bond donors (Lipinski definition) is 3. The van der Waals surface area contributed by atoms with Crippen molar-refractivity contribution in [3.05, 3.63) is 75.5 Å². The van der Waals surface area contributed by atoms with Crippen LogP contribution in [0.25, 0.3) is 22.3 Å². The Labute approximate surface area is 208 Å². The molecule has 11 heteroatoms. The molecule has 0 fully saturated rings. The number of carbonyl (C=O) groups is 1. The number of anilines is 2. The zero-order valence-electron chi connectivity index (χ0n) is 17.8. The molecule has 0 bridgehead atoms. The quantitative estimate of drug-likeness (QED) is 0.245. The molecule has 34 heavy (non-hydrogen) atoms. The predicted octanol–water partition coefficient (Wildman–Crippen LogP) is 5.52. The lowest BCUT2D eigenvalue weighted by molar-refractivity contribution is 0.101. The first-order valence-corrected chi connectivity index (χ1v) is 12.9.